The highest BCUT2D eigenvalue weighted by molar-refractivity contribution is 7.07. The molecule has 0 bridgehead atoms. The van der Waals surface area contributed by atoms with E-state index in [9.17, 15) is 9.59 Å². The fourth-order valence-corrected chi connectivity index (χ4v) is 5.72. The average molecular weight is 580 g/mol. The van der Waals surface area contributed by atoms with E-state index in [1.54, 1.807) is 35.8 Å². The Morgan fingerprint density at radius 1 is 1.05 bits per heavy atom. The second kappa shape index (κ2) is 11.6. The van der Waals surface area contributed by atoms with E-state index in [0.717, 1.165) is 16.7 Å². The lowest BCUT2D eigenvalue weighted by molar-refractivity contribution is -0.140. The third-order valence-corrected chi connectivity index (χ3v) is 7.92. The first-order valence-corrected chi connectivity index (χ1v) is 13.8. The molecule has 198 valence electrons. The van der Waals surface area contributed by atoms with E-state index in [2.05, 4.69) is 4.99 Å². The zero-order chi connectivity index (χ0) is 27.5. The van der Waals surface area contributed by atoms with Crippen molar-refractivity contribution in [1.29, 1.82) is 0 Å². The van der Waals surface area contributed by atoms with Crippen LogP contribution in [0.4, 0.5) is 0 Å². The van der Waals surface area contributed by atoms with Crippen molar-refractivity contribution in [1.82, 2.24) is 4.57 Å². The fraction of sp³-hybridized carbons (Fsp3) is 0.167. The number of fused-ring (bicyclic) bond motifs is 1. The van der Waals surface area contributed by atoms with Crippen molar-refractivity contribution in [3.63, 3.8) is 0 Å². The summed E-state index contributed by atoms with van der Waals surface area (Å²) >= 11 is 13.5. The van der Waals surface area contributed by atoms with Crippen molar-refractivity contribution < 1.29 is 14.3 Å². The van der Waals surface area contributed by atoms with Gasteiger partial charge >= 0.3 is 5.97 Å². The van der Waals surface area contributed by atoms with Gasteiger partial charge in [0.25, 0.3) is 5.56 Å². The number of rotatable bonds is 7. The van der Waals surface area contributed by atoms with Crippen molar-refractivity contribution in [2.45, 2.75) is 26.5 Å². The van der Waals surface area contributed by atoms with Crippen LogP contribution in [0.1, 0.15) is 36.6 Å². The zero-order valence-corrected chi connectivity index (χ0v) is 23.5. The van der Waals surface area contributed by atoms with Crippen molar-refractivity contribution >= 4 is 46.6 Å². The lowest BCUT2D eigenvalue weighted by Gasteiger charge is -2.25. The Hall–Kier alpha value is -3.65. The summed E-state index contributed by atoms with van der Waals surface area (Å²) in [6.07, 6.45) is 1.74. The molecule has 6 nitrogen and oxygen atoms in total. The molecule has 9 heteroatoms. The molecule has 0 unspecified atom stereocenters. The minimum Gasteiger partial charge on any atom is -0.494 e. The molecule has 39 heavy (non-hydrogen) atoms. The van der Waals surface area contributed by atoms with Crippen LogP contribution in [0.2, 0.25) is 10.0 Å². The van der Waals surface area contributed by atoms with Crippen molar-refractivity contribution in [3.05, 3.63) is 130 Å². The maximum atomic E-state index is 13.8. The fourth-order valence-electron chi connectivity index (χ4n) is 4.37. The van der Waals surface area contributed by atoms with Crippen LogP contribution in [0.3, 0.4) is 0 Å². The molecule has 2 heterocycles. The van der Waals surface area contributed by atoms with Gasteiger partial charge < -0.3 is 9.47 Å². The number of benzene rings is 3. The van der Waals surface area contributed by atoms with Gasteiger partial charge in [-0.3, -0.25) is 9.36 Å². The monoisotopic (exact) mass is 578 g/mol. The summed E-state index contributed by atoms with van der Waals surface area (Å²) in [6, 6.07) is 21.2. The molecule has 1 aromatic heterocycles. The van der Waals surface area contributed by atoms with E-state index in [1.165, 1.54) is 11.3 Å². The van der Waals surface area contributed by atoms with Crippen LogP contribution in [0.5, 0.6) is 5.75 Å². The van der Waals surface area contributed by atoms with Crippen LogP contribution < -0.4 is 19.6 Å². The number of hydrogen-bond acceptors (Lipinski definition) is 6. The Kier molecular flexibility index (Phi) is 8.02. The van der Waals surface area contributed by atoms with E-state index in [4.69, 9.17) is 32.7 Å². The highest BCUT2D eigenvalue weighted by Crippen LogP contribution is 2.32. The molecule has 5 rings (SSSR count). The largest absolute Gasteiger partial charge is 0.494 e. The van der Waals surface area contributed by atoms with E-state index in [-0.39, 0.29) is 12.2 Å². The van der Waals surface area contributed by atoms with Crippen LogP contribution in [0.15, 0.2) is 93.9 Å². The van der Waals surface area contributed by atoms with E-state index >= 15 is 0 Å². The number of carbonyl (C=O) groups is 1. The van der Waals surface area contributed by atoms with Crippen molar-refractivity contribution in [2.24, 2.45) is 4.99 Å². The minimum atomic E-state index is -0.726. The molecule has 4 aromatic rings. The van der Waals surface area contributed by atoms with Crippen LogP contribution in [-0.2, 0) is 16.1 Å². The summed E-state index contributed by atoms with van der Waals surface area (Å²) < 4.78 is 13.3. The predicted octanol–water partition coefficient (Wildman–Crippen LogP) is 5.68. The Labute approximate surface area is 239 Å². The smallest absolute Gasteiger partial charge is 0.338 e. The van der Waals surface area contributed by atoms with Gasteiger partial charge in [0.1, 0.15) is 12.4 Å². The van der Waals surface area contributed by atoms with Crippen LogP contribution in [0, 0.1) is 0 Å². The number of esters is 1. The number of hydrogen-bond donors (Lipinski definition) is 0. The third kappa shape index (κ3) is 5.71. The van der Waals surface area contributed by atoms with E-state index in [0.29, 0.717) is 43.0 Å². The van der Waals surface area contributed by atoms with E-state index in [1.807, 2.05) is 61.5 Å². The number of aromatic nitrogens is 1. The summed E-state index contributed by atoms with van der Waals surface area (Å²) in [5.41, 5.74) is 2.86. The Balaban J connectivity index is 1.61. The Morgan fingerprint density at radius 2 is 1.79 bits per heavy atom. The SMILES string of the molecule is CCOc1ccc([C@@H]2C(C(=O)OCc3ccccc3)=C(C)N=c3s/c(=C\c4ccc(Cl)c(Cl)c4)c(=O)n32)cc1. The first-order valence-electron chi connectivity index (χ1n) is 12.3. The molecule has 0 fully saturated rings. The normalized spacial score (nSPS) is 15.1. The Morgan fingerprint density at radius 3 is 2.49 bits per heavy atom. The van der Waals surface area contributed by atoms with Crippen molar-refractivity contribution in [2.75, 3.05) is 6.61 Å². The topological polar surface area (TPSA) is 69.9 Å². The predicted molar refractivity (Wildman–Crippen MR) is 154 cm³/mol. The third-order valence-electron chi connectivity index (χ3n) is 6.20. The van der Waals surface area contributed by atoms with Gasteiger partial charge in [-0.2, -0.15) is 0 Å². The van der Waals surface area contributed by atoms with Gasteiger partial charge in [-0.25, -0.2) is 9.79 Å². The van der Waals surface area contributed by atoms with E-state index < -0.39 is 12.0 Å². The number of nitrogens with zero attached hydrogens (tertiary/aromatic N) is 2. The molecule has 0 spiro atoms. The number of carbonyl (C=O) groups excluding carboxylic acids is 1. The number of thiazole rings is 1. The van der Waals surface area contributed by atoms with Gasteiger partial charge in [-0.1, -0.05) is 83.1 Å². The maximum Gasteiger partial charge on any atom is 0.338 e. The highest BCUT2D eigenvalue weighted by atomic mass is 35.5. The quantitative estimate of drug-likeness (QED) is 0.264. The number of halogens is 2. The van der Waals surface area contributed by atoms with Gasteiger partial charge in [-0.05, 0) is 60.9 Å². The second-order valence-electron chi connectivity index (χ2n) is 8.82. The number of allylic oxidation sites excluding steroid dienone is 1. The van der Waals surface area contributed by atoms with Gasteiger partial charge in [-0.15, -0.1) is 0 Å². The molecule has 0 saturated heterocycles. The number of ether oxygens (including phenoxy) is 2. The van der Waals surface area contributed by atoms with Gasteiger partial charge in [0.2, 0.25) is 0 Å². The lowest BCUT2D eigenvalue weighted by Crippen LogP contribution is -2.39. The standard InChI is InChI=1S/C30H24Cl2N2O4S/c1-3-37-22-12-10-21(11-13-22)27-26(29(36)38-17-19-7-5-4-6-8-19)18(2)33-30-34(27)28(35)25(39-30)16-20-9-14-23(31)24(32)15-20/h4-16,27H,3,17H2,1-2H3/b25-16-/t27-/m1/s1. The molecule has 0 radical (unpaired) electrons. The van der Waals surface area contributed by atoms with Crippen molar-refractivity contribution in [3.8, 4) is 5.75 Å². The summed E-state index contributed by atoms with van der Waals surface area (Å²) in [5.74, 6) is 0.167. The zero-order valence-electron chi connectivity index (χ0n) is 21.2. The van der Waals surface area contributed by atoms with Crippen LogP contribution >= 0.6 is 34.5 Å². The highest BCUT2D eigenvalue weighted by Gasteiger charge is 2.33. The summed E-state index contributed by atoms with van der Waals surface area (Å²) in [5, 5.41) is 0.824. The second-order valence-corrected chi connectivity index (χ2v) is 10.6. The minimum absolute atomic E-state index is 0.105. The van der Waals surface area contributed by atoms with Gasteiger partial charge in [0.05, 0.1) is 38.5 Å². The molecule has 0 aliphatic carbocycles. The van der Waals surface area contributed by atoms with Crippen LogP contribution in [-0.4, -0.2) is 17.1 Å². The van der Waals surface area contributed by atoms with Gasteiger partial charge in [0.15, 0.2) is 4.80 Å². The molecular formula is C30H24Cl2N2O4S. The van der Waals surface area contributed by atoms with Gasteiger partial charge in [0, 0.05) is 0 Å². The average Bonchev–Trinajstić information content (AvgIpc) is 3.24. The lowest BCUT2D eigenvalue weighted by atomic mass is 9.96. The van der Waals surface area contributed by atoms with Crippen LogP contribution in [0.25, 0.3) is 6.08 Å². The molecule has 1 atom stereocenters. The molecule has 0 amide bonds. The molecule has 0 N–H and O–H groups in total. The summed E-state index contributed by atoms with van der Waals surface area (Å²) in [6.45, 7) is 4.30. The summed E-state index contributed by atoms with van der Waals surface area (Å²) in [4.78, 5) is 32.4. The molecule has 1 aliphatic rings. The first-order chi connectivity index (χ1) is 18.9. The molecular weight excluding hydrogens is 555 g/mol. The molecule has 1 aliphatic heterocycles. The maximum absolute atomic E-state index is 13.8. The summed E-state index contributed by atoms with van der Waals surface area (Å²) in [7, 11) is 0. The molecule has 0 saturated carbocycles. The Bertz CT molecular complexity index is 1740. The first kappa shape index (κ1) is 26.9. The molecule has 3 aromatic carbocycles.